The molecule has 24 heavy (non-hydrogen) atoms. The summed E-state index contributed by atoms with van der Waals surface area (Å²) >= 11 is 0. The van der Waals surface area contributed by atoms with Gasteiger partial charge in [0.25, 0.3) is 11.8 Å². The molecule has 1 atom stereocenters. The minimum Gasteiger partial charge on any atom is -0.395 e. The van der Waals surface area contributed by atoms with Crippen LogP contribution < -0.4 is 0 Å². The van der Waals surface area contributed by atoms with Crippen LogP contribution in [0.15, 0.2) is 12.1 Å². The molecule has 1 N–H and O–H groups in total. The van der Waals surface area contributed by atoms with Gasteiger partial charge in [0.15, 0.2) is 11.6 Å². The fraction of sp³-hybridized carbons (Fsp3) is 0.533. The number of rotatable bonds is 3. The summed E-state index contributed by atoms with van der Waals surface area (Å²) in [5.74, 6) is -8.02. The SMILES string of the molecule is O=C(c1c(F)ccc(F)c1F)N1CC(N2CC(F)(F)C[C@H]2CO)C1. The van der Waals surface area contributed by atoms with Gasteiger partial charge in [-0.2, -0.15) is 0 Å². The first-order valence-electron chi connectivity index (χ1n) is 7.40. The van der Waals surface area contributed by atoms with E-state index in [1.165, 1.54) is 4.90 Å². The lowest BCUT2D eigenvalue weighted by Gasteiger charge is -2.45. The topological polar surface area (TPSA) is 43.8 Å². The number of nitrogens with zero attached hydrogens (tertiary/aromatic N) is 2. The van der Waals surface area contributed by atoms with Crippen molar-refractivity contribution < 1.29 is 31.9 Å². The first-order chi connectivity index (χ1) is 11.2. The number of carbonyl (C=O) groups excluding carboxylic acids is 1. The standard InChI is InChI=1S/C15H15F5N2O2/c16-10-1-2-11(17)13(18)12(10)14(24)21-4-9(5-21)22-7-15(19,20)3-8(22)6-23/h1-2,8-9,23H,3-7H2/t8-/m0/s1. The highest BCUT2D eigenvalue weighted by Gasteiger charge is 2.50. The molecule has 2 aliphatic rings. The molecule has 0 unspecified atom stereocenters. The summed E-state index contributed by atoms with van der Waals surface area (Å²) in [5, 5.41) is 9.20. The van der Waals surface area contributed by atoms with Crippen LogP contribution >= 0.6 is 0 Å². The Morgan fingerprint density at radius 3 is 2.46 bits per heavy atom. The van der Waals surface area contributed by atoms with Gasteiger partial charge in [0, 0.05) is 31.6 Å². The molecule has 0 aliphatic carbocycles. The Kier molecular flexibility index (Phi) is 4.25. The van der Waals surface area contributed by atoms with Crippen molar-refractivity contribution in [3.63, 3.8) is 0 Å². The molecule has 3 rings (SSSR count). The maximum absolute atomic E-state index is 13.6. The van der Waals surface area contributed by atoms with Crippen LogP contribution in [-0.2, 0) is 0 Å². The molecule has 2 aliphatic heterocycles. The largest absolute Gasteiger partial charge is 0.395 e. The van der Waals surface area contributed by atoms with Crippen LogP contribution in [-0.4, -0.2) is 65.1 Å². The molecule has 0 aromatic heterocycles. The van der Waals surface area contributed by atoms with Crippen molar-refractivity contribution in [2.75, 3.05) is 26.2 Å². The van der Waals surface area contributed by atoms with Gasteiger partial charge in [-0.15, -0.1) is 0 Å². The molecule has 2 fully saturated rings. The average molecular weight is 350 g/mol. The van der Waals surface area contributed by atoms with E-state index in [9.17, 15) is 31.9 Å². The summed E-state index contributed by atoms with van der Waals surface area (Å²) in [5.41, 5.74) is -0.987. The first-order valence-corrected chi connectivity index (χ1v) is 7.40. The molecule has 2 heterocycles. The molecular weight excluding hydrogens is 335 g/mol. The summed E-state index contributed by atoms with van der Waals surface area (Å²) in [4.78, 5) is 14.6. The minimum absolute atomic E-state index is 0.0131. The number of aliphatic hydroxyl groups excluding tert-OH is 1. The van der Waals surface area contributed by atoms with E-state index in [0.29, 0.717) is 12.1 Å². The number of hydrogen-bond donors (Lipinski definition) is 1. The fourth-order valence-corrected chi connectivity index (χ4v) is 3.23. The van der Waals surface area contributed by atoms with E-state index in [1.54, 1.807) is 0 Å². The zero-order valence-electron chi connectivity index (χ0n) is 12.5. The summed E-state index contributed by atoms with van der Waals surface area (Å²) in [6.07, 6.45) is -0.471. The number of aliphatic hydroxyl groups is 1. The lowest BCUT2D eigenvalue weighted by molar-refractivity contribution is -0.0127. The number of halogens is 5. The van der Waals surface area contributed by atoms with Crippen LogP contribution in [0, 0.1) is 17.5 Å². The molecule has 0 spiro atoms. The molecule has 9 heteroatoms. The Balaban J connectivity index is 1.69. The number of carbonyl (C=O) groups is 1. The van der Waals surface area contributed by atoms with Crippen molar-refractivity contribution in [1.29, 1.82) is 0 Å². The summed E-state index contributed by atoms with van der Waals surface area (Å²) in [7, 11) is 0. The van der Waals surface area contributed by atoms with Gasteiger partial charge in [-0.25, -0.2) is 22.0 Å². The molecule has 0 bridgehead atoms. The van der Waals surface area contributed by atoms with Gasteiger partial charge in [-0.3, -0.25) is 9.69 Å². The second-order valence-electron chi connectivity index (χ2n) is 6.15. The van der Waals surface area contributed by atoms with Gasteiger partial charge < -0.3 is 10.0 Å². The molecule has 0 radical (unpaired) electrons. The first kappa shape index (κ1) is 17.1. The minimum atomic E-state index is -2.92. The quantitative estimate of drug-likeness (QED) is 0.666. The van der Waals surface area contributed by atoms with Crippen molar-refractivity contribution in [3.8, 4) is 0 Å². The summed E-state index contributed by atoms with van der Waals surface area (Å²) in [6, 6.07) is 0.0913. The third kappa shape index (κ3) is 2.86. The third-order valence-electron chi connectivity index (χ3n) is 4.50. The van der Waals surface area contributed by atoms with Crippen molar-refractivity contribution in [1.82, 2.24) is 9.80 Å². The van der Waals surface area contributed by atoms with E-state index in [1.807, 2.05) is 0 Å². The monoisotopic (exact) mass is 350 g/mol. The predicted molar refractivity (Wildman–Crippen MR) is 73.2 cm³/mol. The average Bonchev–Trinajstić information content (AvgIpc) is 2.77. The van der Waals surface area contributed by atoms with Gasteiger partial charge in [-0.05, 0) is 12.1 Å². The Bertz CT molecular complexity index is 664. The molecule has 4 nitrogen and oxygen atoms in total. The van der Waals surface area contributed by atoms with Gasteiger partial charge in [0.2, 0.25) is 0 Å². The number of hydrogen-bond acceptors (Lipinski definition) is 3. The van der Waals surface area contributed by atoms with Gasteiger partial charge in [0.05, 0.1) is 13.2 Å². The highest BCUT2D eigenvalue weighted by molar-refractivity contribution is 5.95. The predicted octanol–water partition coefficient (Wildman–Crippen LogP) is 1.63. The summed E-state index contributed by atoms with van der Waals surface area (Å²) in [6.45, 7) is -0.998. The Hall–Kier alpha value is -1.74. The van der Waals surface area contributed by atoms with E-state index < -0.39 is 66.5 Å². The molecule has 1 aromatic rings. The third-order valence-corrected chi connectivity index (χ3v) is 4.50. The number of likely N-dealkylation sites (tertiary alicyclic amines) is 2. The molecular formula is C15H15F5N2O2. The maximum Gasteiger partial charge on any atom is 0.262 e. The highest BCUT2D eigenvalue weighted by atomic mass is 19.3. The van der Waals surface area contributed by atoms with E-state index >= 15 is 0 Å². The van der Waals surface area contributed by atoms with Crippen LogP contribution in [0.1, 0.15) is 16.8 Å². The van der Waals surface area contributed by atoms with E-state index in [0.717, 1.165) is 4.90 Å². The fourth-order valence-electron chi connectivity index (χ4n) is 3.23. The Labute approximate surface area is 134 Å². The van der Waals surface area contributed by atoms with Crippen molar-refractivity contribution in [3.05, 3.63) is 35.1 Å². The molecule has 0 saturated carbocycles. The smallest absolute Gasteiger partial charge is 0.262 e. The van der Waals surface area contributed by atoms with Crippen molar-refractivity contribution in [2.45, 2.75) is 24.4 Å². The van der Waals surface area contributed by atoms with Gasteiger partial charge in [0.1, 0.15) is 11.4 Å². The zero-order chi connectivity index (χ0) is 17.6. The molecule has 2 saturated heterocycles. The maximum atomic E-state index is 13.6. The van der Waals surface area contributed by atoms with Gasteiger partial charge in [-0.1, -0.05) is 0 Å². The second-order valence-corrected chi connectivity index (χ2v) is 6.15. The zero-order valence-corrected chi connectivity index (χ0v) is 12.5. The molecule has 1 aromatic carbocycles. The van der Waals surface area contributed by atoms with Gasteiger partial charge >= 0.3 is 0 Å². The molecule has 1 amide bonds. The molecule has 132 valence electrons. The Morgan fingerprint density at radius 2 is 1.83 bits per heavy atom. The highest BCUT2D eigenvalue weighted by Crippen LogP contribution is 2.35. The lowest BCUT2D eigenvalue weighted by Crippen LogP contribution is -2.62. The van der Waals surface area contributed by atoms with Crippen molar-refractivity contribution >= 4 is 5.91 Å². The van der Waals surface area contributed by atoms with Crippen LogP contribution in [0.3, 0.4) is 0 Å². The number of amides is 1. The van der Waals surface area contributed by atoms with E-state index in [4.69, 9.17) is 0 Å². The van der Waals surface area contributed by atoms with Crippen LogP contribution in [0.5, 0.6) is 0 Å². The van der Waals surface area contributed by atoms with Crippen LogP contribution in [0.2, 0.25) is 0 Å². The number of benzene rings is 1. The van der Waals surface area contributed by atoms with E-state index in [-0.39, 0.29) is 13.1 Å². The Morgan fingerprint density at radius 1 is 1.21 bits per heavy atom. The summed E-state index contributed by atoms with van der Waals surface area (Å²) < 4.78 is 67.3. The normalized spacial score (nSPS) is 24.2. The second kappa shape index (κ2) is 5.96. The van der Waals surface area contributed by atoms with E-state index in [2.05, 4.69) is 0 Å². The van der Waals surface area contributed by atoms with Crippen LogP contribution in [0.4, 0.5) is 22.0 Å². The van der Waals surface area contributed by atoms with Crippen LogP contribution in [0.25, 0.3) is 0 Å². The lowest BCUT2D eigenvalue weighted by atomic mass is 10.0. The number of alkyl halides is 2. The van der Waals surface area contributed by atoms with Crippen molar-refractivity contribution in [2.24, 2.45) is 0 Å².